The fourth-order valence-corrected chi connectivity index (χ4v) is 3.29. The van der Waals surface area contributed by atoms with Gasteiger partial charge in [-0.05, 0) is 6.42 Å². The SMILES string of the molecule is CCCCS(=O)(=O)NN1C(=O)CSC1=S. The molecule has 0 radical (unpaired) electrons. The van der Waals surface area contributed by atoms with Gasteiger partial charge in [0.25, 0.3) is 5.91 Å². The number of hydrogen-bond donors (Lipinski definition) is 1. The second kappa shape index (κ2) is 5.24. The van der Waals surface area contributed by atoms with Gasteiger partial charge in [-0.25, -0.2) is 13.4 Å². The standard InChI is InChI=1S/C7H12N2O3S3/c1-2-3-4-15(11,12)8-9-6(10)5-14-7(9)13/h8H,2-5H2,1H3. The highest BCUT2D eigenvalue weighted by molar-refractivity contribution is 8.24. The number of nitrogens with zero attached hydrogens (tertiary/aromatic N) is 1. The molecule has 0 unspecified atom stereocenters. The number of carbonyl (C=O) groups is 1. The van der Waals surface area contributed by atoms with Crippen molar-refractivity contribution in [2.75, 3.05) is 11.5 Å². The van der Waals surface area contributed by atoms with E-state index in [1.54, 1.807) is 0 Å². The van der Waals surface area contributed by atoms with E-state index >= 15 is 0 Å². The van der Waals surface area contributed by atoms with Crippen molar-refractivity contribution in [1.82, 2.24) is 9.84 Å². The van der Waals surface area contributed by atoms with E-state index in [0.717, 1.165) is 23.2 Å². The molecule has 1 amide bonds. The maximum absolute atomic E-state index is 11.5. The molecule has 1 aliphatic heterocycles. The zero-order chi connectivity index (χ0) is 11.5. The summed E-state index contributed by atoms with van der Waals surface area (Å²) in [4.78, 5) is 13.4. The molecule has 1 fully saturated rings. The number of thioether (sulfide) groups is 1. The van der Waals surface area contributed by atoms with Crippen LogP contribution in [0.25, 0.3) is 0 Å². The summed E-state index contributed by atoms with van der Waals surface area (Å²) in [5.74, 6) is -0.0968. The first-order valence-electron chi connectivity index (χ1n) is 4.46. The van der Waals surface area contributed by atoms with Crippen molar-refractivity contribution in [3.63, 3.8) is 0 Å². The van der Waals surface area contributed by atoms with Crippen LogP contribution in [0.1, 0.15) is 19.8 Å². The van der Waals surface area contributed by atoms with Crippen LogP contribution in [0.2, 0.25) is 0 Å². The molecule has 0 spiro atoms. The van der Waals surface area contributed by atoms with Crippen molar-refractivity contribution < 1.29 is 13.2 Å². The van der Waals surface area contributed by atoms with E-state index in [9.17, 15) is 13.2 Å². The summed E-state index contributed by atoms with van der Waals surface area (Å²) in [5.41, 5.74) is 0. The van der Waals surface area contributed by atoms with E-state index in [4.69, 9.17) is 12.2 Å². The van der Waals surface area contributed by atoms with Crippen LogP contribution in [0.3, 0.4) is 0 Å². The number of rotatable bonds is 5. The topological polar surface area (TPSA) is 66.5 Å². The fourth-order valence-electron chi connectivity index (χ4n) is 0.962. The minimum Gasteiger partial charge on any atom is -0.272 e. The third-order valence-electron chi connectivity index (χ3n) is 1.75. The Bertz CT molecular complexity index is 350. The zero-order valence-electron chi connectivity index (χ0n) is 8.23. The van der Waals surface area contributed by atoms with Gasteiger partial charge in [0, 0.05) is 0 Å². The van der Waals surface area contributed by atoms with Gasteiger partial charge >= 0.3 is 0 Å². The maximum atomic E-state index is 11.5. The Labute approximate surface area is 98.6 Å². The number of hydrazine groups is 1. The number of unbranched alkanes of at least 4 members (excludes halogenated alkanes) is 1. The van der Waals surface area contributed by atoms with Gasteiger partial charge in [0.15, 0.2) is 4.32 Å². The summed E-state index contributed by atoms with van der Waals surface area (Å²) in [6.07, 6.45) is 1.35. The van der Waals surface area contributed by atoms with Gasteiger partial charge in [0.05, 0.1) is 11.5 Å². The fraction of sp³-hybridized carbons (Fsp3) is 0.714. The quantitative estimate of drug-likeness (QED) is 0.735. The van der Waals surface area contributed by atoms with Crippen LogP contribution in [0.5, 0.6) is 0 Å². The smallest absolute Gasteiger partial charge is 0.253 e. The van der Waals surface area contributed by atoms with Gasteiger partial charge in [-0.1, -0.05) is 37.3 Å². The highest BCUT2D eigenvalue weighted by Gasteiger charge is 2.30. The van der Waals surface area contributed by atoms with Crippen molar-refractivity contribution in [2.45, 2.75) is 19.8 Å². The van der Waals surface area contributed by atoms with Gasteiger partial charge in [0.2, 0.25) is 10.0 Å². The van der Waals surface area contributed by atoms with E-state index in [-0.39, 0.29) is 21.7 Å². The van der Waals surface area contributed by atoms with Crippen molar-refractivity contribution >= 4 is 44.2 Å². The van der Waals surface area contributed by atoms with Crippen LogP contribution < -0.4 is 4.83 Å². The molecule has 1 rings (SSSR count). The van der Waals surface area contributed by atoms with Crippen molar-refractivity contribution in [2.24, 2.45) is 0 Å². The lowest BCUT2D eigenvalue weighted by Crippen LogP contribution is -2.45. The molecular formula is C7H12N2O3S3. The summed E-state index contributed by atoms with van der Waals surface area (Å²) in [6.45, 7) is 1.90. The Morgan fingerprint density at radius 1 is 1.60 bits per heavy atom. The van der Waals surface area contributed by atoms with E-state index in [2.05, 4.69) is 4.83 Å². The van der Waals surface area contributed by atoms with Gasteiger partial charge in [0.1, 0.15) is 0 Å². The van der Waals surface area contributed by atoms with Gasteiger partial charge in [-0.3, -0.25) is 4.79 Å². The summed E-state index contributed by atoms with van der Waals surface area (Å²) in [7, 11) is -3.44. The Hall–Kier alpha value is -0.180. The molecule has 0 aromatic carbocycles. The van der Waals surface area contributed by atoms with Crippen LogP contribution in [-0.4, -0.2) is 35.2 Å². The molecular weight excluding hydrogens is 256 g/mol. The molecule has 1 aliphatic rings. The average Bonchev–Trinajstić information content (AvgIpc) is 2.46. The second-order valence-electron chi connectivity index (χ2n) is 3.05. The summed E-state index contributed by atoms with van der Waals surface area (Å²) in [5, 5.41) is 0.936. The molecule has 0 atom stereocenters. The van der Waals surface area contributed by atoms with Gasteiger partial charge in [-0.15, -0.1) is 4.83 Å². The average molecular weight is 268 g/mol. The van der Waals surface area contributed by atoms with Gasteiger partial charge < -0.3 is 0 Å². The van der Waals surface area contributed by atoms with Crippen LogP contribution in [0.4, 0.5) is 0 Å². The lowest BCUT2D eigenvalue weighted by atomic mass is 10.4. The predicted octanol–water partition coefficient (Wildman–Crippen LogP) is 0.481. The Kier molecular flexibility index (Phi) is 4.50. The third-order valence-corrected chi connectivity index (χ3v) is 4.39. The molecule has 1 saturated heterocycles. The lowest BCUT2D eigenvalue weighted by Gasteiger charge is -2.15. The minimum absolute atomic E-state index is 0.0144. The molecule has 1 heterocycles. The molecule has 0 bridgehead atoms. The molecule has 0 aromatic rings. The lowest BCUT2D eigenvalue weighted by molar-refractivity contribution is -0.125. The number of nitrogens with one attached hydrogen (secondary N) is 1. The minimum atomic E-state index is -3.44. The van der Waals surface area contributed by atoms with Crippen LogP contribution in [-0.2, 0) is 14.8 Å². The molecule has 0 aliphatic carbocycles. The maximum Gasteiger partial charge on any atom is 0.253 e. The molecule has 0 saturated carbocycles. The number of hydrogen-bond acceptors (Lipinski definition) is 5. The number of amides is 1. The molecule has 86 valence electrons. The zero-order valence-corrected chi connectivity index (χ0v) is 10.7. The molecule has 1 N–H and O–H groups in total. The molecule has 8 heteroatoms. The van der Waals surface area contributed by atoms with Crippen LogP contribution in [0, 0.1) is 0 Å². The predicted molar refractivity (Wildman–Crippen MR) is 63.7 cm³/mol. The van der Waals surface area contributed by atoms with Crippen molar-refractivity contribution in [3.8, 4) is 0 Å². The Morgan fingerprint density at radius 2 is 2.27 bits per heavy atom. The highest BCUT2D eigenvalue weighted by Crippen LogP contribution is 2.17. The van der Waals surface area contributed by atoms with E-state index in [1.165, 1.54) is 0 Å². The first-order valence-corrected chi connectivity index (χ1v) is 7.50. The van der Waals surface area contributed by atoms with Crippen molar-refractivity contribution in [3.05, 3.63) is 0 Å². The Morgan fingerprint density at radius 3 is 2.73 bits per heavy atom. The van der Waals surface area contributed by atoms with E-state index in [0.29, 0.717) is 6.42 Å². The highest BCUT2D eigenvalue weighted by atomic mass is 32.2. The largest absolute Gasteiger partial charge is 0.272 e. The molecule has 5 nitrogen and oxygen atoms in total. The van der Waals surface area contributed by atoms with Crippen LogP contribution >= 0.6 is 24.0 Å². The number of sulfonamides is 1. The first kappa shape index (κ1) is 12.9. The van der Waals surface area contributed by atoms with Crippen LogP contribution in [0.15, 0.2) is 0 Å². The van der Waals surface area contributed by atoms with Gasteiger partial charge in [-0.2, -0.15) is 0 Å². The second-order valence-corrected chi connectivity index (χ2v) is 6.48. The number of carbonyl (C=O) groups excluding carboxylic acids is 1. The Balaban J connectivity index is 2.60. The van der Waals surface area contributed by atoms with E-state index in [1.807, 2.05) is 6.92 Å². The summed E-state index contributed by atoms with van der Waals surface area (Å²) < 4.78 is 23.2. The van der Waals surface area contributed by atoms with Crippen molar-refractivity contribution in [1.29, 1.82) is 0 Å². The molecule has 15 heavy (non-hydrogen) atoms. The first-order chi connectivity index (χ1) is 6.96. The van der Waals surface area contributed by atoms with E-state index < -0.39 is 10.0 Å². The monoisotopic (exact) mass is 268 g/mol. The molecule has 0 aromatic heterocycles. The third kappa shape index (κ3) is 3.71. The summed E-state index contributed by atoms with van der Waals surface area (Å²) in [6, 6.07) is 0. The summed E-state index contributed by atoms with van der Waals surface area (Å²) >= 11 is 6.00. The normalized spacial score (nSPS) is 17.5. The number of thiocarbonyl (C=S) groups is 1.